The van der Waals surface area contributed by atoms with Crippen molar-refractivity contribution in [3.63, 3.8) is 0 Å². The number of rotatable bonds is 5. The van der Waals surface area contributed by atoms with E-state index in [4.69, 9.17) is 4.98 Å². The van der Waals surface area contributed by atoms with Crippen LogP contribution in [0.2, 0.25) is 0 Å². The van der Waals surface area contributed by atoms with Crippen molar-refractivity contribution in [2.45, 2.75) is 19.4 Å². The summed E-state index contributed by atoms with van der Waals surface area (Å²) in [5.41, 5.74) is 7.58. The molecule has 1 aliphatic rings. The third-order valence-electron chi connectivity index (χ3n) is 6.91. The van der Waals surface area contributed by atoms with E-state index in [0.29, 0.717) is 28.3 Å². The van der Waals surface area contributed by atoms with Gasteiger partial charge in [0.1, 0.15) is 17.0 Å². The van der Waals surface area contributed by atoms with E-state index in [1.165, 1.54) is 30.5 Å². The average molecular weight is 491 g/mol. The summed E-state index contributed by atoms with van der Waals surface area (Å²) >= 11 is 0. The molecule has 0 bridgehead atoms. The van der Waals surface area contributed by atoms with Crippen LogP contribution in [0.1, 0.15) is 18.4 Å². The predicted octanol–water partition coefficient (Wildman–Crippen LogP) is 5.36. The minimum Gasteiger partial charge on any atom is -0.321 e. The fourth-order valence-corrected chi connectivity index (χ4v) is 5.06. The van der Waals surface area contributed by atoms with Crippen molar-refractivity contribution in [1.82, 2.24) is 40.0 Å². The number of aromatic amines is 2. The number of aromatic nitrogens is 7. The third-order valence-corrected chi connectivity index (χ3v) is 6.91. The van der Waals surface area contributed by atoms with Crippen LogP contribution in [0.25, 0.3) is 56.0 Å². The van der Waals surface area contributed by atoms with Gasteiger partial charge in [-0.1, -0.05) is 12.1 Å². The predicted molar refractivity (Wildman–Crippen MR) is 140 cm³/mol. The van der Waals surface area contributed by atoms with Gasteiger partial charge in [-0.3, -0.25) is 15.0 Å². The molecule has 5 aromatic heterocycles. The van der Waals surface area contributed by atoms with Crippen molar-refractivity contribution in [2.24, 2.45) is 0 Å². The van der Waals surface area contributed by atoms with Crippen LogP contribution in [0, 0.1) is 5.82 Å². The quantitative estimate of drug-likeness (QED) is 0.338. The molecule has 0 aliphatic carbocycles. The second-order valence-electron chi connectivity index (χ2n) is 9.41. The maximum Gasteiger partial charge on any atom is 0.161 e. The molecule has 6 aromatic rings. The minimum atomic E-state index is -0.278. The molecule has 0 radical (unpaired) electrons. The summed E-state index contributed by atoms with van der Waals surface area (Å²) in [6.07, 6.45) is 9.90. The molecule has 1 aliphatic heterocycles. The lowest BCUT2D eigenvalue weighted by atomic mass is 10.1. The Morgan fingerprint density at radius 3 is 2.57 bits per heavy atom. The second kappa shape index (κ2) is 8.86. The summed E-state index contributed by atoms with van der Waals surface area (Å²) in [5, 5.41) is 8.38. The maximum atomic E-state index is 13.5. The minimum absolute atomic E-state index is 0.278. The van der Waals surface area contributed by atoms with Crippen molar-refractivity contribution in [3.8, 4) is 33.8 Å². The number of pyridine rings is 3. The number of H-pyrrole nitrogens is 2. The molecular weight excluding hydrogens is 467 g/mol. The number of hydrogen-bond donors (Lipinski definition) is 2. The molecule has 2 N–H and O–H groups in total. The molecule has 182 valence electrons. The first-order chi connectivity index (χ1) is 18.2. The van der Waals surface area contributed by atoms with Gasteiger partial charge in [0.2, 0.25) is 0 Å². The fraction of sp³-hybridized carbons (Fsp3) is 0.179. The second-order valence-corrected chi connectivity index (χ2v) is 9.41. The first-order valence-electron chi connectivity index (χ1n) is 12.3. The number of imidazole rings is 1. The van der Waals surface area contributed by atoms with E-state index in [0.717, 1.165) is 47.3 Å². The molecule has 0 saturated carbocycles. The Labute approximate surface area is 211 Å². The van der Waals surface area contributed by atoms with Crippen LogP contribution in [0.3, 0.4) is 0 Å². The van der Waals surface area contributed by atoms with Gasteiger partial charge in [0, 0.05) is 48.0 Å². The third kappa shape index (κ3) is 4.03. The van der Waals surface area contributed by atoms with Gasteiger partial charge >= 0.3 is 0 Å². The van der Waals surface area contributed by atoms with E-state index >= 15 is 0 Å². The van der Waals surface area contributed by atoms with Crippen molar-refractivity contribution < 1.29 is 4.39 Å². The molecule has 1 saturated heterocycles. The van der Waals surface area contributed by atoms with E-state index in [-0.39, 0.29) is 5.82 Å². The Hall–Kier alpha value is -4.50. The van der Waals surface area contributed by atoms with Gasteiger partial charge in [-0.05, 0) is 67.4 Å². The average Bonchev–Trinajstić information content (AvgIpc) is 3.68. The lowest BCUT2D eigenvalue weighted by Crippen LogP contribution is -2.18. The van der Waals surface area contributed by atoms with Gasteiger partial charge in [0.15, 0.2) is 17.1 Å². The van der Waals surface area contributed by atoms with Crippen LogP contribution in [0.4, 0.5) is 4.39 Å². The summed E-state index contributed by atoms with van der Waals surface area (Å²) in [6.45, 7) is 3.20. The lowest BCUT2D eigenvalue weighted by molar-refractivity contribution is 0.331. The molecule has 37 heavy (non-hydrogen) atoms. The highest BCUT2D eigenvalue weighted by molar-refractivity contribution is 5.96. The highest BCUT2D eigenvalue weighted by Gasteiger charge is 2.18. The van der Waals surface area contributed by atoms with Crippen LogP contribution < -0.4 is 0 Å². The highest BCUT2D eigenvalue weighted by Crippen LogP contribution is 2.32. The summed E-state index contributed by atoms with van der Waals surface area (Å²) in [6, 6.07) is 12.5. The summed E-state index contributed by atoms with van der Waals surface area (Å²) in [5.74, 6) is 0.308. The van der Waals surface area contributed by atoms with E-state index in [2.05, 4.69) is 47.2 Å². The molecule has 0 unspecified atom stereocenters. The Balaban J connectivity index is 1.27. The number of nitrogens with one attached hydrogen (secondary N) is 2. The van der Waals surface area contributed by atoms with Gasteiger partial charge < -0.3 is 4.98 Å². The highest BCUT2D eigenvalue weighted by atomic mass is 19.1. The zero-order valence-corrected chi connectivity index (χ0v) is 19.9. The molecule has 7 rings (SSSR count). The van der Waals surface area contributed by atoms with Gasteiger partial charge in [-0.2, -0.15) is 5.10 Å². The lowest BCUT2D eigenvalue weighted by Gasteiger charge is -2.14. The topological polar surface area (TPSA) is 99.3 Å². The number of fused-ring (bicyclic) bond motifs is 2. The molecule has 0 amide bonds. The molecule has 1 fully saturated rings. The summed E-state index contributed by atoms with van der Waals surface area (Å²) in [4.78, 5) is 24.2. The molecular formula is C28H23FN8. The molecule has 1 aromatic carbocycles. The van der Waals surface area contributed by atoms with E-state index in [1.807, 2.05) is 24.7 Å². The van der Waals surface area contributed by atoms with Crippen molar-refractivity contribution in [1.29, 1.82) is 0 Å². The van der Waals surface area contributed by atoms with E-state index in [1.54, 1.807) is 18.3 Å². The van der Waals surface area contributed by atoms with Crippen LogP contribution in [-0.4, -0.2) is 53.1 Å². The Bertz CT molecular complexity index is 1730. The van der Waals surface area contributed by atoms with Gasteiger partial charge in [0.05, 0.1) is 5.39 Å². The van der Waals surface area contributed by atoms with Crippen LogP contribution in [-0.2, 0) is 6.54 Å². The first kappa shape index (κ1) is 21.8. The monoisotopic (exact) mass is 490 g/mol. The van der Waals surface area contributed by atoms with Crippen molar-refractivity contribution in [2.75, 3.05) is 13.1 Å². The number of nitrogens with zero attached hydrogens (tertiary/aromatic N) is 6. The van der Waals surface area contributed by atoms with E-state index in [9.17, 15) is 4.39 Å². The van der Waals surface area contributed by atoms with Crippen molar-refractivity contribution >= 4 is 22.2 Å². The Kier molecular flexibility index (Phi) is 5.21. The zero-order chi connectivity index (χ0) is 24.8. The molecule has 0 spiro atoms. The van der Waals surface area contributed by atoms with Gasteiger partial charge in [-0.25, -0.2) is 19.3 Å². The van der Waals surface area contributed by atoms with Crippen LogP contribution in [0.5, 0.6) is 0 Å². The summed E-state index contributed by atoms with van der Waals surface area (Å²) in [7, 11) is 0. The van der Waals surface area contributed by atoms with Crippen molar-refractivity contribution in [3.05, 3.63) is 78.6 Å². The number of hydrogen-bond acceptors (Lipinski definition) is 6. The van der Waals surface area contributed by atoms with Gasteiger partial charge in [-0.15, -0.1) is 0 Å². The number of benzene rings is 1. The Morgan fingerprint density at radius 2 is 1.70 bits per heavy atom. The Morgan fingerprint density at radius 1 is 0.865 bits per heavy atom. The normalized spacial score (nSPS) is 14.2. The molecule has 0 atom stereocenters. The standard InChI is InChI=1S/C28H23FN8/c29-21-5-3-18(4-6-21)22-7-8-31-27-24(22)33-28(34-27)25-23-12-20(15-32-26(23)36-35-25)19-11-17(13-30-14-19)16-37-9-1-2-10-37/h3-8,11-15H,1-2,9-10,16H2,(H,31,33,34)(H,32,35,36). The zero-order valence-electron chi connectivity index (χ0n) is 19.9. The number of likely N-dealkylation sites (tertiary alicyclic amines) is 1. The SMILES string of the molecule is Fc1ccc(-c2ccnc3[nH]c(-c4n[nH]c5ncc(-c6cncc(CN7CCCC7)c6)cc45)nc23)cc1. The largest absolute Gasteiger partial charge is 0.321 e. The van der Waals surface area contributed by atoms with E-state index < -0.39 is 0 Å². The maximum absolute atomic E-state index is 13.5. The fourth-order valence-electron chi connectivity index (χ4n) is 5.06. The summed E-state index contributed by atoms with van der Waals surface area (Å²) < 4.78 is 13.5. The van der Waals surface area contributed by atoms with Crippen LogP contribution in [0.15, 0.2) is 67.3 Å². The molecule has 8 nitrogen and oxygen atoms in total. The van der Waals surface area contributed by atoms with Crippen LogP contribution >= 0.6 is 0 Å². The molecule has 9 heteroatoms. The first-order valence-corrected chi connectivity index (χ1v) is 12.3. The van der Waals surface area contributed by atoms with Gasteiger partial charge in [0.25, 0.3) is 0 Å². The molecule has 6 heterocycles. The number of halogens is 1. The smallest absolute Gasteiger partial charge is 0.161 e.